The molecule has 5 nitrogen and oxygen atoms in total. The number of quaternary nitrogens is 1. The molecule has 0 aliphatic carbocycles. The largest absolute Gasteiger partial charge is 0.494 e. The molecular formula is C17H26N2O3S. The van der Waals surface area contributed by atoms with Crippen molar-refractivity contribution >= 4 is 30.4 Å². The lowest BCUT2D eigenvalue weighted by atomic mass is 10.0. The number of hydrogen-bond acceptors (Lipinski definition) is 4. The van der Waals surface area contributed by atoms with E-state index < -0.39 is 5.97 Å². The summed E-state index contributed by atoms with van der Waals surface area (Å²) in [6.45, 7) is 7.72. The first-order chi connectivity index (χ1) is 10.6. The molecule has 0 radical (unpaired) electrons. The molecule has 1 unspecified atom stereocenters. The Balaban J connectivity index is 3.22. The van der Waals surface area contributed by atoms with Crippen LogP contribution in [0.15, 0.2) is 12.1 Å². The third-order valence-electron chi connectivity index (χ3n) is 3.66. The number of carbonyl (C=O) groups is 2. The van der Waals surface area contributed by atoms with E-state index in [1.54, 1.807) is 27.1 Å². The summed E-state index contributed by atoms with van der Waals surface area (Å²) in [4.78, 5) is 24.8. The highest BCUT2D eigenvalue weighted by atomic mass is 32.1. The number of aryl methyl sites for hydroxylation is 2. The highest BCUT2D eigenvalue weighted by Gasteiger charge is 2.27. The van der Waals surface area contributed by atoms with E-state index >= 15 is 0 Å². The molecule has 0 saturated heterocycles. The molecule has 6 heteroatoms. The first kappa shape index (κ1) is 19.5. The monoisotopic (exact) mass is 338 g/mol. The van der Waals surface area contributed by atoms with Crippen LogP contribution in [0.5, 0.6) is 0 Å². The van der Waals surface area contributed by atoms with Gasteiger partial charge in [-0.05, 0) is 38.0 Å². The van der Waals surface area contributed by atoms with Crippen molar-refractivity contribution in [1.29, 1.82) is 0 Å². The van der Waals surface area contributed by atoms with Crippen molar-refractivity contribution in [3.63, 3.8) is 0 Å². The topological polar surface area (TPSA) is 55.4 Å². The van der Waals surface area contributed by atoms with Gasteiger partial charge in [0.1, 0.15) is 0 Å². The number of carbonyl (C=O) groups excluding carboxylic acids is 2. The van der Waals surface area contributed by atoms with Gasteiger partial charge < -0.3 is 26.8 Å². The Kier molecular flexibility index (Phi) is 6.65. The lowest BCUT2D eigenvalue weighted by molar-refractivity contribution is -0.768. The molecule has 1 rings (SSSR count). The second-order valence-corrected chi connectivity index (χ2v) is 7.01. The number of nitrogens with zero attached hydrogens (tertiary/aromatic N) is 1. The number of esters is 1. The highest BCUT2D eigenvalue weighted by Crippen LogP contribution is 2.25. The number of anilines is 1. The Morgan fingerprint density at radius 1 is 1.26 bits per heavy atom. The van der Waals surface area contributed by atoms with Crippen molar-refractivity contribution in [3.8, 4) is 0 Å². The molecule has 128 valence electrons. The molecule has 0 aromatic heterocycles. The predicted octanol–water partition coefficient (Wildman–Crippen LogP) is 2.74. The fourth-order valence-electron chi connectivity index (χ4n) is 2.62. The molecule has 1 aromatic carbocycles. The lowest BCUT2D eigenvalue weighted by Gasteiger charge is -2.42. The Bertz CT molecular complexity index is 594. The zero-order valence-corrected chi connectivity index (χ0v) is 15.5. The number of likely N-dealkylation sites (N-methyl/N-ethyl adjacent to an activating group) is 1. The summed E-state index contributed by atoms with van der Waals surface area (Å²) in [7, 11) is 3.61. The first-order valence-corrected chi connectivity index (χ1v) is 8.12. The normalized spacial score (nSPS) is 12.7. The summed E-state index contributed by atoms with van der Waals surface area (Å²) < 4.78 is 5.21. The maximum Gasteiger partial charge on any atom is 0.340 e. The fourth-order valence-corrected chi connectivity index (χ4v) is 2.86. The summed E-state index contributed by atoms with van der Waals surface area (Å²) >= 11 is 5.36. The number of nitrogens with one attached hydrogen (secondary N) is 1. The zero-order chi connectivity index (χ0) is 17.8. The van der Waals surface area contributed by atoms with E-state index in [0.717, 1.165) is 11.1 Å². The van der Waals surface area contributed by atoms with E-state index in [0.29, 0.717) is 17.7 Å². The van der Waals surface area contributed by atoms with E-state index in [1.807, 2.05) is 26.8 Å². The van der Waals surface area contributed by atoms with Crippen molar-refractivity contribution in [2.45, 2.75) is 40.2 Å². The standard InChI is InChI=1S/C17H26N2O3S/c1-7-14(19(5,6)23)16(20)18-15-12(4)9-11(3)10-13(15)17(21)22-8-2/h9-10,14H,7-8H2,1-6H3,(H,18,20). The average molecular weight is 338 g/mol. The van der Waals surface area contributed by atoms with Crippen LogP contribution in [0.1, 0.15) is 41.8 Å². The molecule has 1 N–H and O–H groups in total. The molecule has 0 fully saturated rings. The van der Waals surface area contributed by atoms with Crippen LogP contribution in [-0.4, -0.2) is 42.5 Å². The molecule has 0 bridgehead atoms. The average Bonchev–Trinajstić information content (AvgIpc) is 2.40. The number of amides is 1. The van der Waals surface area contributed by atoms with Gasteiger partial charge in [0.15, 0.2) is 6.04 Å². The second-order valence-electron chi connectivity index (χ2n) is 6.07. The first-order valence-electron chi connectivity index (χ1n) is 7.75. The van der Waals surface area contributed by atoms with Gasteiger partial charge in [-0.15, -0.1) is 0 Å². The number of rotatable bonds is 6. The summed E-state index contributed by atoms with van der Waals surface area (Å²) in [5.74, 6) is -0.625. The van der Waals surface area contributed by atoms with Gasteiger partial charge in [-0.2, -0.15) is 0 Å². The molecule has 23 heavy (non-hydrogen) atoms. The molecule has 1 aromatic rings. The van der Waals surface area contributed by atoms with Crippen molar-refractivity contribution in [1.82, 2.24) is 0 Å². The molecule has 1 amide bonds. The van der Waals surface area contributed by atoms with Gasteiger partial charge in [-0.3, -0.25) is 4.79 Å². The molecule has 0 aliphatic rings. The van der Waals surface area contributed by atoms with Crippen LogP contribution in [0.3, 0.4) is 0 Å². The Morgan fingerprint density at radius 3 is 2.35 bits per heavy atom. The van der Waals surface area contributed by atoms with Crippen molar-refractivity contribution in [2.24, 2.45) is 0 Å². The Morgan fingerprint density at radius 2 is 1.87 bits per heavy atom. The summed E-state index contributed by atoms with van der Waals surface area (Å²) in [5, 5.41) is 2.88. The number of hydrogen-bond donors (Lipinski definition) is 1. The highest BCUT2D eigenvalue weighted by molar-refractivity contribution is 7.52. The molecule has 0 heterocycles. The van der Waals surface area contributed by atoms with Crippen LogP contribution in [0.2, 0.25) is 0 Å². The summed E-state index contributed by atoms with van der Waals surface area (Å²) in [6.07, 6.45) is 0.613. The van der Waals surface area contributed by atoms with Crippen LogP contribution >= 0.6 is 0 Å². The zero-order valence-electron chi connectivity index (χ0n) is 14.7. The van der Waals surface area contributed by atoms with Crippen LogP contribution in [0.4, 0.5) is 5.69 Å². The lowest BCUT2D eigenvalue weighted by Crippen LogP contribution is -2.50. The van der Waals surface area contributed by atoms with E-state index in [2.05, 4.69) is 5.32 Å². The third-order valence-corrected chi connectivity index (χ3v) is 3.92. The molecule has 0 saturated carbocycles. The van der Waals surface area contributed by atoms with E-state index in [4.69, 9.17) is 17.6 Å². The van der Waals surface area contributed by atoms with Crippen molar-refractivity contribution in [2.75, 3.05) is 26.0 Å². The van der Waals surface area contributed by atoms with Crippen molar-refractivity contribution in [3.05, 3.63) is 28.8 Å². The predicted molar refractivity (Wildman–Crippen MR) is 94.1 cm³/mol. The van der Waals surface area contributed by atoms with E-state index in [-0.39, 0.29) is 22.4 Å². The maximum absolute atomic E-state index is 12.6. The maximum atomic E-state index is 12.6. The number of ether oxygens (including phenoxy) is 1. The van der Waals surface area contributed by atoms with Gasteiger partial charge in [0.2, 0.25) is 0 Å². The van der Waals surface area contributed by atoms with Crippen LogP contribution in [0.25, 0.3) is 0 Å². The van der Waals surface area contributed by atoms with E-state index in [9.17, 15) is 9.59 Å². The Hall–Kier alpha value is -1.53. The van der Waals surface area contributed by atoms with E-state index in [1.165, 1.54) is 0 Å². The number of benzene rings is 1. The van der Waals surface area contributed by atoms with Crippen LogP contribution in [0, 0.1) is 13.8 Å². The van der Waals surface area contributed by atoms with Gasteiger partial charge in [0.25, 0.3) is 5.91 Å². The van der Waals surface area contributed by atoms with Crippen LogP contribution in [-0.2, 0) is 22.3 Å². The third kappa shape index (κ3) is 4.97. The minimum absolute atomic E-state index is 0.113. The second kappa shape index (κ2) is 7.84. The SMILES string of the molecule is CCOC(=O)c1cc(C)cc(C)c1NC(=O)C(CC)[N+](C)(C)[S-]. The Labute approximate surface area is 144 Å². The smallest absolute Gasteiger partial charge is 0.340 e. The summed E-state index contributed by atoms with van der Waals surface area (Å²) in [6, 6.07) is 3.28. The molecule has 1 atom stereocenters. The van der Waals surface area contributed by atoms with Gasteiger partial charge in [0, 0.05) is 6.42 Å². The van der Waals surface area contributed by atoms with Gasteiger partial charge >= 0.3 is 5.97 Å². The quantitative estimate of drug-likeness (QED) is 0.492. The van der Waals surface area contributed by atoms with Crippen LogP contribution < -0.4 is 5.32 Å². The minimum Gasteiger partial charge on any atom is -0.494 e. The van der Waals surface area contributed by atoms with Gasteiger partial charge in [0.05, 0.1) is 32.0 Å². The fraction of sp³-hybridized carbons (Fsp3) is 0.529. The summed E-state index contributed by atoms with van der Waals surface area (Å²) in [5.41, 5.74) is 2.64. The van der Waals surface area contributed by atoms with Gasteiger partial charge in [-0.1, -0.05) is 13.0 Å². The van der Waals surface area contributed by atoms with Crippen molar-refractivity contribution < 1.29 is 18.2 Å². The molecule has 0 aliphatic heterocycles. The molecule has 0 spiro atoms. The minimum atomic E-state index is -0.435. The molecular weight excluding hydrogens is 312 g/mol. The van der Waals surface area contributed by atoms with Gasteiger partial charge in [-0.25, -0.2) is 4.79 Å².